The lowest BCUT2D eigenvalue weighted by Gasteiger charge is -2.34. The molecular weight excluding hydrogens is 348 g/mol. The van der Waals surface area contributed by atoms with Gasteiger partial charge in [-0.15, -0.1) is 0 Å². The molecular formula is C20H32N2O5. The Hall–Kier alpha value is -2.28. The lowest BCUT2D eigenvalue weighted by atomic mass is 9.87. The molecule has 0 bridgehead atoms. The lowest BCUT2D eigenvalue weighted by molar-refractivity contribution is 0.0375. The molecule has 1 atom stereocenters. The summed E-state index contributed by atoms with van der Waals surface area (Å²) in [6, 6.07) is 9.09. The van der Waals surface area contributed by atoms with Gasteiger partial charge in [-0.25, -0.2) is 9.59 Å². The summed E-state index contributed by atoms with van der Waals surface area (Å²) in [7, 11) is 0. The van der Waals surface area contributed by atoms with Gasteiger partial charge in [0.2, 0.25) is 0 Å². The van der Waals surface area contributed by atoms with E-state index in [1.54, 1.807) is 53.7 Å². The first-order valence-corrected chi connectivity index (χ1v) is 9.01. The topological polar surface area (TPSA) is 96.9 Å². The van der Waals surface area contributed by atoms with E-state index < -0.39 is 28.9 Å². The first-order valence-electron chi connectivity index (χ1n) is 9.01. The van der Waals surface area contributed by atoms with E-state index in [0.29, 0.717) is 5.56 Å². The zero-order valence-corrected chi connectivity index (χ0v) is 17.1. The van der Waals surface area contributed by atoms with Crippen LogP contribution in [-0.4, -0.2) is 41.6 Å². The minimum atomic E-state index is -1.10. The molecule has 27 heavy (non-hydrogen) atoms. The normalized spacial score (nSPS) is 14.0. The van der Waals surface area contributed by atoms with Gasteiger partial charge in [-0.1, -0.05) is 30.3 Å². The SMILES string of the molecule is CC(C)(C)OC(=O)NCCC(CO)(NC(=O)OC(C)(C)C)c1ccccc1. The van der Waals surface area contributed by atoms with Crippen molar-refractivity contribution in [2.45, 2.75) is 64.7 Å². The molecule has 0 saturated heterocycles. The first-order chi connectivity index (χ1) is 12.4. The number of aliphatic hydroxyl groups excluding tert-OH is 1. The minimum Gasteiger partial charge on any atom is -0.444 e. The molecule has 1 rings (SSSR count). The van der Waals surface area contributed by atoms with Crippen molar-refractivity contribution >= 4 is 12.2 Å². The smallest absolute Gasteiger partial charge is 0.408 e. The molecule has 1 aromatic carbocycles. The summed E-state index contributed by atoms with van der Waals surface area (Å²) in [6.45, 7) is 10.5. The maximum absolute atomic E-state index is 12.3. The highest BCUT2D eigenvalue weighted by atomic mass is 16.6. The van der Waals surface area contributed by atoms with Gasteiger partial charge in [0, 0.05) is 6.54 Å². The van der Waals surface area contributed by atoms with Crippen molar-refractivity contribution in [3.8, 4) is 0 Å². The fourth-order valence-electron chi connectivity index (χ4n) is 2.44. The van der Waals surface area contributed by atoms with Gasteiger partial charge >= 0.3 is 12.2 Å². The first kappa shape index (κ1) is 22.8. The van der Waals surface area contributed by atoms with E-state index in [9.17, 15) is 14.7 Å². The zero-order chi connectivity index (χ0) is 20.7. The van der Waals surface area contributed by atoms with Crippen molar-refractivity contribution in [2.75, 3.05) is 13.2 Å². The van der Waals surface area contributed by atoms with Crippen LogP contribution in [-0.2, 0) is 15.0 Å². The fraction of sp³-hybridized carbons (Fsp3) is 0.600. The van der Waals surface area contributed by atoms with Crippen molar-refractivity contribution in [3.63, 3.8) is 0 Å². The molecule has 0 aliphatic heterocycles. The van der Waals surface area contributed by atoms with Crippen LogP contribution in [0.1, 0.15) is 53.5 Å². The molecule has 0 spiro atoms. The van der Waals surface area contributed by atoms with Crippen LogP contribution in [0.4, 0.5) is 9.59 Å². The number of alkyl carbamates (subject to hydrolysis) is 2. The number of rotatable bonds is 6. The van der Waals surface area contributed by atoms with E-state index in [2.05, 4.69) is 10.6 Å². The lowest BCUT2D eigenvalue weighted by Crippen LogP contribution is -2.52. The van der Waals surface area contributed by atoms with E-state index in [1.165, 1.54) is 0 Å². The van der Waals surface area contributed by atoms with Gasteiger partial charge < -0.3 is 25.2 Å². The number of hydrogen-bond acceptors (Lipinski definition) is 5. The Balaban J connectivity index is 2.91. The summed E-state index contributed by atoms with van der Waals surface area (Å²) in [5.74, 6) is 0. The number of carbonyl (C=O) groups excluding carboxylic acids is 2. The molecule has 7 heteroatoms. The van der Waals surface area contributed by atoms with Crippen LogP contribution in [0.5, 0.6) is 0 Å². The Morgan fingerprint density at radius 3 is 1.93 bits per heavy atom. The monoisotopic (exact) mass is 380 g/mol. The maximum Gasteiger partial charge on any atom is 0.408 e. The van der Waals surface area contributed by atoms with Gasteiger partial charge in [-0.05, 0) is 53.5 Å². The quantitative estimate of drug-likeness (QED) is 0.703. The summed E-state index contributed by atoms with van der Waals surface area (Å²) in [5, 5.41) is 15.5. The number of amides is 2. The largest absolute Gasteiger partial charge is 0.444 e. The molecule has 1 unspecified atom stereocenters. The summed E-state index contributed by atoms with van der Waals surface area (Å²) in [5.41, 5.74) is -1.66. The van der Waals surface area contributed by atoms with Crippen LogP contribution in [0.3, 0.4) is 0 Å². The summed E-state index contributed by atoms with van der Waals surface area (Å²) >= 11 is 0. The Kier molecular flexibility index (Phi) is 7.65. The van der Waals surface area contributed by atoms with Gasteiger partial charge in [0.25, 0.3) is 0 Å². The molecule has 7 nitrogen and oxygen atoms in total. The van der Waals surface area contributed by atoms with Crippen LogP contribution in [0.25, 0.3) is 0 Å². The Bertz CT molecular complexity index is 619. The molecule has 0 aliphatic carbocycles. The number of aliphatic hydroxyl groups is 1. The molecule has 0 aliphatic rings. The van der Waals surface area contributed by atoms with E-state index in [1.807, 2.05) is 18.2 Å². The van der Waals surface area contributed by atoms with Crippen molar-refractivity contribution < 1.29 is 24.2 Å². The fourth-order valence-corrected chi connectivity index (χ4v) is 2.44. The maximum atomic E-state index is 12.3. The highest BCUT2D eigenvalue weighted by Crippen LogP contribution is 2.25. The molecule has 2 amide bonds. The summed E-state index contributed by atoms with van der Waals surface area (Å²) < 4.78 is 10.6. The number of carbonyl (C=O) groups is 2. The third-order valence-electron chi connectivity index (χ3n) is 3.56. The average Bonchev–Trinajstić information content (AvgIpc) is 2.51. The van der Waals surface area contributed by atoms with Crippen molar-refractivity contribution in [1.82, 2.24) is 10.6 Å². The Labute approximate surface area is 161 Å². The molecule has 0 aromatic heterocycles. The number of nitrogens with one attached hydrogen (secondary N) is 2. The van der Waals surface area contributed by atoms with Gasteiger partial charge in [-0.2, -0.15) is 0 Å². The second-order valence-corrected chi connectivity index (χ2v) is 8.41. The average molecular weight is 380 g/mol. The second kappa shape index (κ2) is 9.08. The van der Waals surface area contributed by atoms with Crippen LogP contribution < -0.4 is 10.6 Å². The third kappa shape index (κ3) is 8.30. The van der Waals surface area contributed by atoms with E-state index >= 15 is 0 Å². The van der Waals surface area contributed by atoms with Gasteiger partial charge in [0.05, 0.1) is 12.1 Å². The molecule has 0 radical (unpaired) electrons. The summed E-state index contributed by atoms with van der Waals surface area (Å²) in [6.07, 6.45) is -0.941. The highest BCUT2D eigenvalue weighted by Gasteiger charge is 2.35. The van der Waals surface area contributed by atoms with Gasteiger partial charge in [0.15, 0.2) is 0 Å². The molecule has 0 saturated carbocycles. The van der Waals surface area contributed by atoms with Gasteiger partial charge in [0.1, 0.15) is 11.2 Å². The van der Waals surface area contributed by atoms with Crippen molar-refractivity contribution in [2.24, 2.45) is 0 Å². The van der Waals surface area contributed by atoms with Crippen LogP contribution in [0.15, 0.2) is 30.3 Å². The number of ether oxygens (including phenoxy) is 2. The zero-order valence-electron chi connectivity index (χ0n) is 17.1. The predicted molar refractivity (Wildman–Crippen MR) is 103 cm³/mol. The Morgan fingerprint density at radius 1 is 0.926 bits per heavy atom. The van der Waals surface area contributed by atoms with Crippen molar-refractivity contribution in [1.29, 1.82) is 0 Å². The van der Waals surface area contributed by atoms with Crippen LogP contribution in [0.2, 0.25) is 0 Å². The van der Waals surface area contributed by atoms with Crippen LogP contribution >= 0.6 is 0 Å². The highest BCUT2D eigenvalue weighted by molar-refractivity contribution is 5.69. The van der Waals surface area contributed by atoms with Crippen molar-refractivity contribution in [3.05, 3.63) is 35.9 Å². The standard InChI is InChI=1S/C20H32N2O5/c1-18(2,3)26-16(24)21-13-12-20(14-23,15-10-8-7-9-11-15)22-17(25)27-19(4,5)6/h7-11,23H,12-14H2,1-6H3,(H,21,24)(H,22,25). The second-order valence-electron chi connectivity index (χ2n) is 8.41. The van der Waals surface area contributed by atoms with E-state index in [0.717, 1.165) is 0 Å². The Morgan fingerprint density at radius 2 is 1.44 bits per heavy atom. The predicted octanol–water partition coefficient (Wildman–Crippen LogP) is 3.31. The molecule has 0 fully saturated rings. The molecule has 3 N–H and O–H groups in total. The number of benzene rings is 1. The summed E-state index contributed by atoms with van der Waals surface area (Å²) in [4.78, 5) is 24.2. The molecule has 1 aromatic rings. The van der Waals surface area contributed by atoms with Gasteiger partial charge in [-0.3, -0.25) is 0 Å². The molecule has 152 valence electrons. The third-order valence-corrected chi connectivity index (χ3v) is 3.56. The van der Waals surface area contributed by atoms with Crippen LogP contribution in [0, 0.1) is 0 Å². The number of hydrogen-bond donors (Lipinski definition) is 3. The molecule has 0 heterocycles. The van der Waals surface area contributed by atoms with E-state index in [4.69, 9.17) is 9.47 Å². The van der Waals surface area contributed by atoms with E-state index in [-0.39, 0.29) is 19.6 Å². The minimum absolute atomic E-state index is 0.195.